The molecule has 0 radical (unpaired) electrons. The van der Waals surface area contributed by atoms with Crippen molar-refractivity contribution in [2.24, 2.45) is 21.2 Å². The van der Waals surface area contributed by atoms with Crippen LogP contribution in [0, 0.1) is 5.92 Å². The lowest BCUT2D eigenvalue weighted by atomic mass is 9.97. The lowest BCUT2D eigenvalue weighted by Crippen LogP contribution is -2.37. The van der Waals surface area contributed by atoms with Gasteiger partial charge in [0.2, 0.25) is 0 Å². The highest BCUT2D eigenvalue weighted by molar-refractivity contribution is 6.38. The van der Waals surface area contributed by atoms with E-state index in [4.69, 9.17) is 18.9 Å². The summed E-state index contributed by atoms with van der Waals surface area (Å²) in [5, 5.41) is 26.5. The lowest BCUT2D eigenvalue weighted by molar-refractivity contribution is -0.358. The largest absolute Gasteiger partial charge is 0.619 e. The monoisotopic (exact) mass is 576 g/mol. The van der Waals surface area contributed by atoms with Gasteiger partial charge in [-0.1, -0.05) is 47.6 Å². The topological polar surface area (TPSA) is 152 Å². The van der Waals surface area contributed by atoms with Crippen molar-refractivity contribution in [3.05, 3.63) is 77.8 Å². The van der Waals surface area contributed by atoms with E-state index in [0.29, 0.717) is 5.69 Å². The van der Waals surface area contributed by atoms with Crippen LogP contribution in [-0.2, 0) is 28.5 Å². The second-order valence-corrected chi connectivity index (χ2v) is 8.73. The summed E-state index contributed by atoms with van der Waals surface area (Å²) >= 11 is 0. The Morgan fingerprint density at radius 3 is 2.52 bits per heavy atom. The van der Waals surface area contributed by atoms with Gasteiger partial charge in [0.05, 0.1) is 42.2 Å². The number of anilines is 1. The summed E-state index contributed by atoms with van der Waals surface area (Å²) in [6.07, 6.45) is 11.8. The van der Waals surface area contributed by atoms with Gasteiger partial charge in [0.15, 0.2) is 5.71 Å². The third kappa shape index (κ3) is 7.98. The van der Waals surface area contributed by atoms with Crippen molar-refractivity contribution in [3.8, 4) is 0 Å². The molecule has 1 aromatic carbocycles. The van der Waals surface area contributed by atoms with Crippen molar-refractivity contribution in [3.63, 3.8) is 0 Å². The zero-order valence-electron chi connectivity index (χ0n) is 23.8. The number of esters is 3. The molecule has 0 bridgehead atoms. The van der Waals surface area contributed by atoms with Crippen molar-refractivity contribution in [2.75, 3.05) is 31.4 Å². The van der Waals surface area contributed by atoms with Gasteiger partial charge in [0, 0.05) is 18.1 Å². The highest BCUT2D eigenvalue weighted by atomic mass is 16.6. The van der Waals surface area contributed by atoms with Gasteiger partial charge in [-0.3, -0.25) is 5.01 Å². The molecule has 1 aliphatic carbocycles. The minimum absolute atomic E-state index is 0.0424. The molecule has 12 heteroatoms. The molecule has 2 aliphatic rings. The van der Waals surface area contributed by atoms with Crippen molar-refractivity contribution >= 4 is 41.2 Å². The molecule has 2 atom stereocenters. The molecule has 3 rings (SSSR count). The van der Waals surface area contributed by atoms with E-state index in [0.717, 1.165) is 0 Å². The van der Waals surface area contributed by atoms with Crippen LogP contribution < -0.4 is 10.1 Å². The third-order valence-electron chi connectivity index (χ3n) is 6.03. The molecule has 0 unspecified atom stereocenters. The maximum absolute atomic E-state index is 13.1. The molecule has 1 heterocycles. The molecule has 220 valence electrons. The zero-order chi connectivity index (χ0) is 30.5. The second-order valence-electron chi connectivity index (χ2n) is 8.73. The summed E-state index contributed by atoms with van der Waals surface area (Å²) in [6, 6.07) is 6.22. The standard InChI is InChI=1S/C30H32N4O8/c1-5-8-17-41-29(37)22-14-10-12-16-25(22)34-20(4)23(27(33-34)30(38)40-7-3)19-42-28(36)21-13-9-11-15-24(21)32-31-18-26(35)39-6-2/h5,8-16,20,23H,6-7,17,19H2,1-4H3/b8-5+/t20-,23-/m0/s1. The summed E-state index contributed by atoms with van der Waals surface area (Å²) in [4.78, 5) is 37.1. The van der Waals surface area contributed by atoms with Crippen LogP contribution in [0.15, 0.2) is 87.5 Å². The van der Waals surface area contributed by atoms with E-state index >= 15 is 0 Å². The molecule has 0 amide bonds. The normalized spacial score (nSPS) is 20.0. The number of benzene rings is 1. The van der Waals surface area contributed by atoms with Gasteiger partial charge < -0.3 is 24.1 Å². The highest BCUT2D eigenvalue weighted by Gasteiger charge is 2.40. The molecule has 1 aliphatic heterocycles. The van der Waals surface area contributed by atoms with E-state index in [1.54, 1.807) is 69.3 Å². The summed E-state index contributed by atoms with van der Waals surface area (Å²) in [5.74, 6) is -3.44. The van der Waals surface area contributed by atoms with Crippen molar-refractivity contribution < 1.29 is 38.4 Å². The molecule has 0 saturated carbocycles. The van der Waals surface area contributed by atoms with Crippen LogP contribution >= 0.6 is 0 Å². The van der Waals surface area contributed by atoms with Crippen LogP contribution in [-0.4, -0.2) is 68.0 Å². The Hall–Kier alpha value is -5.09. The van der Waals surface area contributed by atoms with Crippen LogP contribution in [0.2, 0.25) is 0 Å². The minimum atomic E-state index is -0.792. The molecule has 0 spiro atoms. The van der Waals surface area contributed by atoms with Crippen LogP contribution in [0.3, 0.4) is 0 Å². The predicted octanol–water partition coefficient (Wildman–Crippen LogP) is 2.74. The molecule has 1 aromatic rings. The summed E-state index contributed by atoms with van der Waals surface area (Å²) in [7, 11) is 0. The van der Waals surface area contributed by atoms with Gasteiger partial charge >= 0.3 is 24.1 Å². The predicted molar refractivity (Wildman–Crippen MR) is 154 cm³/mol. The minimum Gasteiger partial charge on any atom is -0.612 e. The first-order chi connectivity index (χ1) is 20.3. The first-order valence-electron chi connectivity index (χ1n) is 13.3. The Morgan fingerprint density at radius 1 is 1.05 bits per heavy atom. The van der Waals surface area contributed by atoms with Crippen molar-refractivity contribution in [1.82, 2.24) is 0 Å². The van der Waals surface area contributed by atoms with Crippen LogP contribution in [0.1, 0.15) is 38.1 Å². The Morgan fingerprint density at radius 2 is 1.79 bits per heavy atom. The Kier molecular flexibility index (Phi) is 11.7. The number of ether oxygens (including phenoxy) is 4. The number of rotatable bonds is 12. The number of hydrogen-bond donors (Lipinski definition) is 0. The number of hydrogen-bond acceptors (Lipinski definition) is 12. The van der Waals surface area contributed by atoms with E-state index < -0.39 is 35.8 Å². The van der Waals surface area contributed by atoms with Crippen molar-refractivity contribution in [1.29, 1.82) is 0 Å². The van der Waals surface area contributed by atoms with E-state index in [2.05, 4.69) is 21.5 Å². The fourth-order valence-electron chi connectivity index (χ4n) is 3.97. The molecule has 42 heavy (non-hydrogen) atoms. The number of carbonyl (C=O) groups is 3. The van der Waals surface area contributed by atoms with Gasteiger partial charge in [-0.15, -0.1) is 0 Å². The maximum Gasteiger partial charge on any atom is 0.619 e. The van der Waals surface area contributed by atoms with Gasteiger partial charge in [0.25, 0.3) is 0 Å². The molecule has 0 saturated heterocycles. The first kappa shape index (κ1) is 31.4. The van der Waals surface area contributed by atoms with E-state index in [9.17, 15) is 19.5 Å². The quantitative estimate of drug-likeness (QED) is 0.0696. The molecule has 0 aromatic heterocycles. The Labute approximate surface area is 244 Å². The Bertz CT molecular complexity index is 1370. The smallest absolute Gasteiger partial charge is 0.612 e. The highest BCUT2D eigenvalue weighted by Crippen LogP contribution is 2.32. The number of para-hydroxylation sites is 1. The Balaban J connectivity index is 1.86. The van der Waals surface area contributed by atoms with Crippen molar-refractivity contribution in [2.45, 2.75) is 33.7 Å². The summed E-state index contributed by atoms with van der Waals surface area (Å²) < 4.78 is 20.9. The summed E-state index contributed by atoms with van der Waals surface area (Å²) in [6.45, 7) is 7.07. The molecular weight excluding hydrogens is 544 g/mol. The van der Waals surface area contributed by atoms with Gasteiger partial charge in [0.1, 0.15) is 11.7 Å². The van der Waals surface area contributed by atoms with Gasteiger partial charge in [-0.2, -0.15) is 9.90 Å². The van der Waals surface area contributed by atoms with E-state index in [1.165, 1.54) is 17.2 Å². The third-order valence-corrected chi connectivity index (χ3v) is 6.03. The molecule has 12 nitrogen and oxygen atoms in total. The average Bonchev–Trinajstić information content (AvgIpc) is 3.32. The average molecular weight is 577 g/mol. The number of hydrazone groups is 1. The van der Waals surface area contributed by atoms with E-state index in [1.807, 2.05) is 6.92 Å². The lowest BCUT2D eigenvalue weighted by Gasteiger charge is -2.28. The van der Waals surface area contributed by atoms with E-state index in [-0.39, 0.29) is 49.0 Å². The zero-order valence-corrected chi connectivity index (χ0v) is 23.8. The van der Waals surface area contributed by atoms with Gasteiger partial charge in [-0.25, -0.2) is 9.59 Å². The SMILES string of the molecule is C/C=C/COC(=O)c1ccccc1N1N=C(C(=O)OCC)[C@@H](CO/C([O-])=C2\C=CC=C\C2=N/N=[C+]C(=O)OCC)[C@@H]1C. The molecule has 0 N–H and O–H groups in total. The summed E-state index contributed by atoms with van der Waals surface area (Å²) in [5.41, 5.74) is 0.948. The first-order valence-corrected chi connectivity index (χ1v) is 13.3. The van der Waals surface area contributed by atoms with Crippen LogP contribution in [0.4, 0.5) is 5.69 Å². The number of nitrogens with zero attached hydrogens (tertiary/aromatic N) is 4. The maximum atomic E-state index is 13.1. The molecular formula is C30H32N4O8. The van der Waals surface area contributed by atoms with Crippen LogP contribution in [0.25, 0.3) is 0 Å². The van der Waals surface area contributed by atoms with Crippen LogP contribution in [0.5, 0.6) is 0 Å². The number of allylic oxidation sites excluding steroid dienone is 6. The fourth-order valence-corrected chi connectivity index (χ4v) is 3.97. The molecule has 0 fully saturated rings. The van der Waals surface area contributed by atoms with Gasteiger partial charge in [-0.05, 0) is 45.9 Å². The fraction of sp³-hybridized carbons (Fsp3) is 0.333. The second kappa shape index (κ2) is 15.6. The number of carbonyl (C=O) groups excluding carboxylic acids is 3.